The van der Waals surface area contributed by atoms with Gasteiger partial charge in [0.1, 0.15) is 11.4 Å². The molecule has 0 atom stereocenters. The van der Waals surface area contributed by atoms with E-state index in [1.165, 1.54) is 0 Å². The minimum atomic E-state index is -0.575. The number of hydrogen-bond donors (Lipinski definition) is 1. The van der Waals surface area contributed by atoms with E-state index in [1.807, 2.05) is 67.9 Å². The average molecular weight is 432 g/mol. The Balaban J connectivity index is 1.92. The van der Waals surface area contributed by atoms with Crippen molar-refractivity contribution in [3.8, 4) is 5.75 Å². The molecular weight excluding hydrogens is 410 g/mol. The van der Waals surface area contributed by atoms with Gasteiger partial charge in [0.05, 0.1) is 19.2 Å². The first-order chi connectivity index (χ1) is 12.7. The van der Waals surface area contributed by atoms with Gasteiger partial charge in [-0.05, 0) is 56.7 Å². The number of methoxy groups -OCH3 is 1. The van der Waals surface area contributed by atoms with Crippen LogP contribution < -0.4 is 10.1 Å². The zero-order valence-corrected chi connectivity index (χ0v) is 17.3. The summed E-state index contributed by atoms with van der Waals surface area (Å²) in [5, 5.41) is 8.19. The Morgan fingerprint density at radius 2 is 1.89 bits per heavy atom. The number of amides is 1. The largest absolute Gasteiger partial charge is 0.497 e. The quantitative estimate of drug-likeness (QED) is 0.615. The summed E-state index contributed by atoms with van der Waals surface area (Å²) < 4.78 is 13.3. The van der Waals surface area contributed by atoms with Crippen LogP contribution in [0.4, 0.5) is 10.6 Å². The van der Waals surface area contributed by atoms with Crippen LogP contribution in [0, 0.1) is 0 Å². The van der Waals surface area contributed by atoms with Gasteiger partial charge in [0, 0.05) is 9.86 Å². The Morgan fingerprint density at radius 1 is 1.19 bits per heavy atom. The number of rotatable bonds is 4. The minimum Gasteiger partial charge on any atom is -0.497 e. The highest BCUT2D eigenvalue weighted by molar-refractivity contribution is 9.10. The molecule has 142 valence electrons. The van der Waals surface area contributed by atoms with Crippen molar-refractivity contribution in [1.29, 1.82) is 0 Å². The Morgan fingerprint density at radius 3 is 2.52 bits per heavy atom. The van der Waals surface area contributed by atoms with Crippen LogP contribution in [0.1, 0.15) is 26.3 Å². The maximum Gasteiger partial charge on any atom is 0.413 e. The fourth-order valence-electron chi connectivity index (χ4n) is 2.66. The van der Waals surface area contributed by atoms with E-state index in [4.69, 9.17) is 9.47 Å². The first-order valence-corrected chi connectivity index (χ1v) is 9.33. The predicted molar refractivity (Wildman–Crippen MR) is 109 cm³/mol. The Bertz CT molecular complexity index is 959. The standard InChI is InChI=1S/C20H22BrN3O3/c1-20(2,3)27-19(25)22-18-16-10-7-14(21)11-17(16)24(23-18)12-13-5-8-15(26-4)9-6-13/h5-11H,12H2,1-4H3,(H,22,23,25). The maximum absolute atomic E-state index is 12.2. The van der Waals surface area contributed by atoms with Gasteiger partial charge in [-0.1, -0.05) is 28.1 Å². The third-order valence-electron chi connectivity index (χ3n) is 3.82. The van der Waals surface area contributed by atoms with E-state index in [1.54, 1.807) is 7.11 Å². The van der Waals surface area contributed by atoms with Gasteiger partial charge in [-0.2, -0.15) is 5.10 Å². The van der Waals surface area contributed by atoms with Crippen LogP contribution in [0.25, 0.3) is 10.9 Å². The highest BCUT2D eigenvalue weighted by atomic mass is 79.9. The van der Waals surface area contributed by atoms with E-state index in [-0.39, 0.29) is 0 Å². The molecular formula is C20H22BrN3O3. The van der Waals surface area contributed by atoms with Gasteiger partial charge < -0.3 is 9.47 Å². The van der Waals surface area contributed by atoms with Crippen molar-refractivity contribution in [3.05, 3.63) is 52.5 Å². The fraction of sp³-hybridized carbons (Fsp3) is 0.300. The normalized spacial score (nSPS) is 11.4. The molecule has 2 aromatic carbocycles. The Hall–Kier alpha value is -2.54. The van der Waals surface area contributed by atoms with Crippen LogP contribution >= 0.6 is 15.9 Å². The summed E-state index contributed by atoms with van der Waals surface area (Å²) >= 11 is 3.50. The lowest BCUT2D eigenvalue weighted by Gasteiger charge is -2.19. The van der Waals surface area contributed by atoms with Crippen molar-refractivity contribution in [2.75, 3.05) is 12.4 Å². The van der Waals surface area contributed by atoms with E-state index in [9.17, 15) is 4.79 Å². The van der Waals surface area contributed by atoms with Crippen molar-refractivity contribution in [2.24, 2.45) is 0 Å². The number of benzene rings is 2. The molecule has 0 aliphatic rings. The topological polar surface area (TPSA) is 65.4 Å². The van der Waals surface area contributed by atoms with E-state index in [0.29, 0.717) is 12.4 Å². The number of nitrogens with one attached hydrogen (secondary N) is 1. The van der Waals surface area contributed by atoms with E-state index < -0.39 is 11.7 Å². The zero-order chi connectivity index (χ0) is 19.6. The highest BCUT2D eigenvalue weighted by Crippen LogP contribution is 2.27. The number of anilines is 1. The number of hydrogen-bond acceptors (Lipinski definition) is 4. The van der Waals surface area contributed by atoms with Gasteiger partial charge in [0.25, 0.3) is 0 Å². The van der Waals surface area contributed by atoms with Crippen molar-refractivity contribution >= 4 is 38.7 Å². The SMILES string of the molecule is COc1ccc(Cn2nc(NC(=O)OC(C)(C)C)c3ccc(Br)cc32)cc1. The fourth-order valence-corrected chi connectivity index (χ4v) is 3.01. The molecule has 0 bridgehead atoms. The van der Waals surface area contributed by atoms with Gasteiger partial charge in [-0.15, -0.1) is 0 Å². The summed E-state index contributed by atoms with van der Waals surface area (Å²) in [5.74, 6) is 1.28. The Kier molecular flexibility index (Phi) is 5.41. The molecule has 0 unspecified atom stereocenters. The van der Waals surface area contributed by atoms with Gasteiger partial charge >= 0.3 is 6.09 Å². The lowest BCUT2D eigenvalue weighted by atomic mass is 10.2. The lowest BCUT2D eigenvalue weighted by Crippen LogP contribution is -2.27. The second-order valence-corrected chi connectivity index (χ2v) is 8.06. The summed E-state index contributed by atoms with van der Waals surface area (Å²) in [5.41, 5.74) is 1.41. The van der Waals surface area contributed by atoms with Gasteiger partial charge in [0.2, 0.25) is 0 Å². The smallest absolute Gasteiger partial charge is 0.413 e. The molecule has 0 saturated carbocycles. The van der Waals surface area contributed by atoms with Crippen molar-refractivity contribution < 1.29 is 14.3 Å². The molecule has 3 aromatic rings. The maximum atomic E-state index is 12.2. The van der Waals surface area contributed by atoms with Crippen LogP contribution in [-0.2, 0) is 11.3 Å². The number of aromatic nitrogens is 2. The first kappa shape index (κ1) is 19.2. The van der Waals surface area contributed by atoms with Crippen LogP contribution in [0.5, 0.6) is 5.75 Å². The second kappa shape index (κ2) is 7.60. The molecule has 27 heavy (non-hydrogen) atoms. The van der Waals surface area contributed by atoms with Crippen LogP contribution in [0.3, 0.4) is 0 Å². The van der Waals surface area contributed by atoms with Gasteiger partial charge in [-0.3, -0.25) is 10.00 Å². The molecule has 1 aromatic heterocycles. The molecule has 7 heteroatoms. The number of halogens is 1. The number of carbonyl (C=O) groups is 1. The summed E-state index contributed by atoms with van der Waals surface area (Å²) in [6.45, 7) is 6.03. The number of nitrogens with zero attached hydrogens (tertiary/aromatic N) is 2. The third-order valence-corrected chi connectivity index (χ3v) is 4.32. The number of ether oxygens (including phenoxy) is 2. The predicted octanol–water partition coefficient (Wildman–Crippen LogP) is 5.20. The molecule has 0 aliphatic carbocycles. The molecule has 6 nitrogen and oxygen atoms in total. The van der Waals surface area contributed by atoms with E-state index >= 15 is 0 Å². The summed E-state index contributed by atoms with van der Waals surface area (Å²) in [6, 6.07) is 13.6. The van der Waals surface area contributed by atoms with E-state index in [0.717, 1.165) is 26.7 Å². The molecule has 0 spiro atoms. The molecule has 3 rings (SSSR count). The van der Waals surface area contributed by atoms with Crippen LogP contribution in [0.15, 0.2) is 46.9 Å². The molecule has 1 heterocycles. The average Bonchev–Trinajstić information content (AvgIpc) is 2.90. The second-order valence-electron chi connectivity index (χ2n) is 7.14. The molecule has 0 fully saturated rings. The van der Waals surface area contributed by atoms with E-state index in [2.05, 4.69) is 26.3 Å². The monoisotopic (exact) mass is 431 g/mol. The van der Waals surface area contributed by atoms with Crippen LogP contribution in [-0.4, -0.2) is 28.6 Å². The number of fused-ring (bicyclic) bond motifs is 1. The molecule has 1 N–H and O–H groups in total. The summed E-state index contributed by atoms with van der Waals surface area (Å²) in [4.78, 5) is 12.2. The highest BCUT2D eigenvalue weighted by Gasteiger charge is 2.19. The van der Waals surface area contributed by atoms with Crippen LogP contribution in [0.2, 0.25) is 0 Å². The lowest BCUT2D eigenvalue weighted by molar-refractivity contribution is 0.0635. The molecule has 0 radical (unpaired) electrons. The summed E-state index contributed by atoms with van der Waals surface area (Å²) in [6.07, 6.45) is -0.526. The van der Waals surface area contributed by atoms with Crippen molar-refractivity contribution in [2.45, 2.75) is 32.9 Å². The number of carbonyl (C=O) groups excluding carboxylic acids is 1. The zero-order valence-electron chi connectivity index (χ0n) is 15.7. The minimum absolute atomic E-state index is 0.472. The summed E-state index contributed by atoms with van der Waals surface area (Å²) in [7, 11) is 1.64. The Labute approximate surface area is 166 Å². The van der Waals surface area contributed by atoms with Crippen molar-refractivity contribution in [1.82, 2.24) is 9.78 Å². The van der Waals surface area contributed by atoms with Gasteiger partial charge in [-0.25, -0.2) is 4.79 Å². The molecule has 1 amide bonds. The van der Waals surface area contributed by atoms with Crippen molar-refractivity contribution in [3.63, 3.8) is 0 Å². The molecule has 0 aliphatic heterocycles. The van der Waals surface area contributed by atoms with Gasteiger partial charge in [0.15, 0.2) is 5.82 Å². The molecule has 0 saturated heterocycles. The third kappa shape index (κ3) is 4.80. The first-order valence-electron chi connectivity index (χ1n) is 8.54.